The Balaban J connectivity index is 1.94. The summed E-state index contributed by atoms with van der Waals surface area (Å²) in [6.45, 7) is 3.46. The Morgan fingerprint density at radius 2 is 2.32 bits per heavy atom. The molecule has 0 spiro atoms. The molecular weight excluding hydrogens is 278 g/mol. The number of fused-ring (bicyclic) bond motifs is 1. The van der Waals surface area contributed by atoms with Gasteiger partial charge in [0.1, 0.15) is 0 Å². The van der Waals surface area contributed by atoms with Crippen LogP contribution in [0.1, 0.15) is 24.6 Å². The van der Waals surface area contributed by atoms with Gasteiger partial charge < -0.3 is 14.6 Å². The Hall–Kier alpha value is -2.74. The van der Waals surface area contributed by atoms with Crippen LogP contribution in [0.2, 0.25) is 0 Å². The smallest absolute Gasteiger partial charge is 0.407 e. The van der Waals surface area contributed by atoms with E-state index >= 15 is 0 Å². The molecule has 1 amide bonds. The van der Waals surface area contributed by atoms with E-state index in [2.05, 4.69) is 23.6 Å². The monoisotopic (exact) mass is 295 g/mol. The van der Waals surface area contributed by atoms with Crippen molar-refractivity contribution in [3.05, 3.63) is 41.6 Å². The second-order valence-electron chi connectivity index (χ2n) is 5.39. The molecule has 1 atom stereocenters. The number of nitrogens with zero attached hydrogens (tertiary/aromatic N) is 3. The highest BCUT2D eigenvalue weighted by atomic mass is 16.4. The molecule has 0 aliphatic carbocycles. The molecule has 0 radical (unpaired) electrons. The molecule has 5 heteroatoms. The summed E-state index contributed by atoms with van der Waals surface area (Å²) in [5.41, 5.74) is 2.71. The predicted octanol–water partition coefficient (Wildman–Crippen LogP) is 3.30. The highest BCUT2D eigenvalue weighted by molar-refractivity contribution is 5.85. The van der Waals surface area contributed by atoms with Crippen molar-refractivity contribution in [2.45, 2.75) is 25.9 Å². The first-order chi connectivity index (χ1) is 10.6. The molecule has 22 heavy (non-hydrogen) atoms. The van der Waals surface area contributed by atoms with Gasteiger partial charge in [-0.1, -0.05) is 12.1 Å². The summed E-state index contributed by atoms with van der Waals surface area (Å²) in [6.07, 6.45) is 3.93. The molecule has 1 aliphatic rings. The van der Waals surface area contributed by atoms with E-state index in [1.54, 1.807) is 0 Å². The van der Waals surface area contributed by atoms with Crippen LogP contribution >= 0.6 is 0 Å². The number of carbonyl (C=O) groups is 1. The van der Waals surface area contributed by atoms with Crippen LogP contribution < -0.4 is 0 Å². The van der Waals surface area contributed by atoms with Gasteiger partial charge in [0.25, 0.3) is 0 Å². The average Bonchev–Trinajstić information content (AvgIpc) is 2.81. The Kier molecular flexibility index (Phi) is 3.60. The summed E-state index contributed by atoms with van der Waals surface area (Å²) < 4.78 is 2.14. The van der Waals surface area contributed by atoms with Crippen LogP contribution in [-0.4, -0.2) is 33.3 Å². The Bertz CT molecular complexity index is 798. The molecule has 1 N–H and O–H groups in total. The molecule has 1 fully saturated rings. The molecule has 2 heterocycles. The van der Waals surface area contributed by atoms with Crippen molar-refractivity contribution in [2.75, 3.05) is 6.54 Å². The second kappa shape index (κ2) is 5.57. The first-order valence-electron chi connectivity index (χ1n) is 7.35. The van der Waals surface area contributed by atoms with E-state index < -0.39 is 6.09 Å². The topological polar surface area (TPSA) is 69.3 Å². The second-order valence-corrected chi connectivity index (χ2v) is 5.39. The Morgan fingerprint density at radius 3 is 2.91 bits per heavy atom. The van der Waals surface area contributed by atoms with E-state index in [0.717, 1.165) is 29.6 Å². The number of nitriles is 1. The minimum atomic E-state index is -0.865. The van der Waals surface area contributed by atoms with Gasteiger partial charge in [-0.2, -0.15) is 5.26 Å². The van der Waals surface area contributed by atoms with Crippen LogP contribution in [0, 0.1) is 11.3 Å². The molecular formula is C17H17N3O2. The van der Waals surface area contributed by atoms with Gasteiger partial charge in [-0.25, -0.2) is 4.79 Å². The molecule has 0 bridgehead atoms. The molecule has 1 aromatic carbocycles. The molecule has 1 aromatic heterocycles. The van der Waals surface area contributed by atoms with Crippen molar-refractivity contribution in [1.82, 2.24) is 9.47 Å². The average molecular weight is 295 g/mol. The SMILES string of the molecule is CCn1c(C=C[C@@H]2CCN2C(=O)O)cc2ccc(C#N)cc21. The molecule has 3 rings (SSSR count). The van der Waals surface area contributed by atoms with Gasteiger partial charge in [0.15, 0.2) is 0 Å². The fraction of sp³-hybridized carbons (Fsp3) is 0.294. The maximum absolute atomic E-state index is 11.0. The fourth-order valence-electron chi connectivity index (χ4n) is 2.89. The van der Waals surface area contributed by atoms with Crippen LogP contribution in [-0.2, 0) is 6.54 Å². The van der Waals surface area contributed by atoms with Gasteiger partial charge in [0.2, 0.25) is 0 Å². The molecule has 0 unspecified atom stereocenters. The number of benzene rings is 1. The highest BCUT2D eigenvalue weighted by Crippen LogP contribution is 2.24. The van der Waals surface area contributed by atoms with Crippen LogP contribution in [0.15, 0.2) is 30.3 Å². The summed E-state index contributed by atoms with van der Waals surface area (Å²) >= 11 is 0. The summed E-state index contributed by atoms with van der Waals surface area (Å²) in [6, 6.07) is 9.85. The van der Waals surface area contributed by atoms with E-state index in [-0.39, 0.29) is 6.04 Å². The maximum Gasteiger partial charge on any atom is 0.407 e. The zero-order valence-corrected chi connectivity index (χ0v) is 12.4. The number of rotatable bonds is 3. The number of amides is 1. The third-order valence-corrected chi connectivity index (χ3v) is 4.18. The van der Waals surface area contributed by atoms with Crippen LogP contribution in [0.5, 0.6) is 0 Å². The highest BCUT2D eigenvalue weighted by Gasteiger charge is 2.29. The summed E-state index contributed by atoms with van der Waals surface area (Å²) in [4.78, 5) is 12.4. The first kappa shape index (κ1) is 14.2. The van der Waals surface area contributed by atoms with Crippen molar-refractivity contribution in [1.29, 1.82) is 5.26 Å². The van der Waals surface area contributed by atoms with E-state index in [4.69, 9.17) is 10.4 Å². The van der Waals surface area contributed by atoms with E-state index in [9.17, 15) is 4.79 Å². The largest absolute Gasteiger partial charge is 0.465 e. The first-order valence-corrected chi connectivity index (χ1v) is 7.35. The minimum absolute atomic E-state index is 0.0320. The van der Waals surface area contributed by atoms with Crippen molar-refractivity contribution < 1.29 is 9.90 Å². The lowest BCUT2D eigenvalue weighted by atomic mass is 10.0. The van der Waals surface area contributed by atoms with Gasteiger partial charge in [-0.15, -0.1) is 0 Å². The normalized spacial score (nSPS) is 17.6. The van der Waals surface area contributed by atoms with Gasteiger partial charge in [0.05, 0.1) is 17.7 Å². The molecule has 1 saturated heterocycles. The number of aromatic nitrogens is 1. The third-order valence-electron chi connectivity index (χ3n) is 4.18. The molecule has 0 saturated carbocycles. The van der Waals surface area contributed by atoms with Crippen LogP contribution in [0.3, 0.4) is 0 Å². The number of hydrogen-bond donors (Lipinski definition) is 1. The van der Waals surface area contributed by atoms with Crippen molar-refractivity contribution in [3.63, 3.8) is 0 Å². The number of hydrogen-bond acceptors (Lipinski definition) is 2. The number of likely N-dealkylation sites (tertiary alicyclic amines) is 1. The third kappa shape index (κ3) is 2.33. The standard InChI is InChI=1S/C17H17N3O2/c1-2-19-15(6-5-14-7-8-20(14)17(21)22)10-13-4-3-12(11-18)9-16(13)19/h3-6,9-10,14H,2,7-8H2,1H3,(H,21,22)/t14-/m1/s1. The van der Waals surface area contributed by atoms with Crippen molar-refractivity contribution >= 4 is 23.1 Å². The predicted molar refractivity (Wildman–Crippen MR) is 84.5 cm³/mol. The summed E-state index contributed by atoms with van der Waals surface area (Å²) in [5, 5.41) is 19.1. The molecule has 2 aromatic rings. The lowest BCUT2D eigenvalue weighted by Crippen LogP contribution is -2.49. The number of carboxylic acid groups (broad SMARTS) is 1. The van der Waals surface area contributed by atoms with Gasteiger partial charge >= 0.3 is 6.09 Å². The summed E-state index contributed by atoms with van der Waals surface area (Å²) in [5.74, 6) is 0. The zero-order chi connectivity index (χ0) is 15.7. The van der Waals surface area contributed by atoms with Crippen LogP contribution in [0.25, 0.3) is 17.0 Å². The van der Waals surface area contributed by atoms with Crippen molar-refractivity contribution in [2.24, 2.45) is 0 Å². The quantitative estimate of drug-likeness (QED) is 0.944. The van der Waals surface area contributed by atoms with Gasteiger partial charge in [-0.3, -0.25) is 0 Å². The zero-order valence-electron chi connectivity index (χ0n) is 12.4. The lowest BCUT2D eigenvalue weighted by Gasteiger charge is -2.36. The van der Waals surface area contributed by atoms with Gasteiger partial charge in [-0.05, 0) is 37.6 Å². The Morgan fingerprint density at radius 1 is 1.50 bits per heavy atom. The van der Waals surface area contributed by atoms with E-state index in [1.165, 1.54) is 4.90 Å². The maximum atomic E-state index is 11.0. The summed E-state index contributed by atoms with van der Waals surface area (Å²) in [7, 11) is 0. The van der Waals surface area contributed by atoms with Crippen molar-refractivity contribution in [3.8, 4) is 6.07 Å². The minimum Gasteiger partial charge on any atom is -0.465 e. The lowest BCUT2D eigenvalue weighted by molar-refractivity contribution is 0.0944. The van der Waals surface area contributed by atoms with E-state index in [1.807, 2.05) is 30.4 Å². The number of aryl methyl sites for hydroxylation is 1. The Labute approximate surface area is 128 Å². The molecule has 1 aliphatic heterocycles. The fourth-order valence-corrected chi connectivity index (χ4v) is 2.89. The molecule has 5 nitrogen and oxygen atoms in total. The van der Waals surface area contributed by atoms with E-state index in [0.29, 0.717) is 12.1 Å². The van der Waals surface area contributed by atoms with Crippen LogP contribution in [0.4, 0.5) is 4.79 Å². The van der Waals surface area contributed by atoms with Gasteiger partial charge in [0, 0.05) is 29.7 Å². The molecule has 112 valence electrons.